The molecule has 2 aromatic carbocycles. The quantitative estimate of drug-likeness (QED) is 0.238. The maximum atomic E-state index is 14.6. The topological polar surface area (TPSA) is 253 Å². The molecule has 67 heavy (non-hydrogen) atoms. The molecule has 3 heterocycles. The zero-order valence-corrected chi connectivity index (χ0v) is 37.8. The summed E-state index contributed by atoms with van der Waals surface area (Å²) in [7, 11) is 0. The Morgan fingerprint density at radius 1 is 0.716 bits per heavy atom. The van der Waals surface area contributed by atoms with Gasteiger partial charge < -0.3 is 47.7 Å². The number of hydrogen-bond donors (Lipinski definition) is 1. The minimum atomic E-state index is -2.90. The number of aliphatic hydroxyl groups is 1. The summed E-state index contributed by atoms with van der Waals surface area (Å²) in [5.74, 6) is -10.9. The van der Waals surface area contributed by atoms with Crippen molar-refractivity contribution in [3.8, 4) is 0 Å². The first kappa shape index (κ1) is 48.2. The van der Waals surface area contributed by atoms with Gasteiger partial charge in [-0.2, -0.15) is 0 Å². The van der Waals surface area contributed by atoms with Gasteiger partial charge in [-0.25, -0.2) is 14.4 Å². The lowest BCUT2D eigenvalue weighted by Crippen LogP contribution is -2.89. The Labute approximate surface area is 384 Å². The minimum absolute atomic E-state index is 0.0137. The number of hydrogen-bond acceptors (Lipinski definition) is 19. The van der Waals surface area contributed by atoms with Crippen molar-refractivity contribution < 1.29 is 86.1 Å². The van der Waals surface area contributed by atoms with E-state index in [1.54, 1.807) is 24.3 Å². The molecule has 3 aromatic rings. The fourth-order valence-corrected chi connectivity index (χ4v) is 10.3. The number of esters is 8. The monoisotopic (exact) mass is 929 g/mol. The zero-order chi connectivity index (χ0) is 48.6. The minimum Gasteiger partial charge on any atom is -0.465 e. The van der Waals surface area contributed by atoms with E-state index in [0.29, 0.717) is 0 Å². The molecule has 2 aliphatic heterocycles. The van der Waals surface area contributed by atoms with Crippen molar-refractivity contribution in [1.82, 2.24) is 4.98 Å². The summed E-state index contributed by atoms with van der Waals surface area (Å²) >= 11 is 0. The van der Waals surface area contributed by atoms with Crippen LogP contribution in [0.15, 0.2) is 79.0 Å². The number of carbonyl (C=O) groups excluding carboxylic acids is 8. The Bertz CT molecular complexity index is 2440. The Kier molecular flexibility index (Phi) is 13.3. The van der Waals surface area contributed by atoms with E-state index in [1.807, 2.05) is 0 Å². The highest BCUT2D eigenvalue weighted by molar-refractivity contribution is 5.91. The normalized spacial score (nSPS) is 33.2. The van der Waals surface area contributed by atoms with E-state index in [2.05, 4.69) is 4.98 Å². The molecule has 1 saturated heterocycles. The number of pyridine rings is 1. The van der Waals surface area contributed by atoms with Crippen LogP contribution in [0.4, 0.5) is 0 Å². The summed E-state index contributed by atoms with van der Waals surface area (Å²) in [6.07, 6.45) is -10.9. The first-order chi connectivity index (χ1) is 31.7. The molecule has 4 aliphatic rings. The summed E-state index contributed by atoms with van der Waals surface area (Å²) < 4.78 is 56.5. The number of benzene rings is 2. The predicted molar refractivity (Wildman–Crippen MR) is 225 cm³/mol. The summed E-state index contributed by atoms with van der Waals surface area (Å²) in [5.41, 5.74) is -10.5. The second kappa shape index (κ2) is 18.5. The third-order valence-corrected chi connectivity index (χ3v) is 13.0. The Balaban J connectivity index is 1.64. The van der Waals surface area contributed by atoms with Crippen molar-refractivity contribution in [3.63, 3.8) is 0 Å². The Hall–Kier alpha value is -6.73. The molecule has 3 fully saturated rings. The lowest BCUT2D eigenvalue weighted by atomic mass is 9.45. The highest BCUT2D eigenvalue weighted by Gasteiger charge is 2.92. The molecule has 0 amide bonds. The highest BCUT2D eigenvalue weighted by Crippen LogP contribution is 2.70. The second-order valence-corrected chi connectivity index (χ2v) is 17.6. The third kappa shape index (κ3) is 8.50. The first-order valence-corrected chi connectivity index (χ1v) is 21.6. The number of aromatic nitrogens is 1. The number of ether oxygens (including phenoxy) is 9. The number of nitrogens with zero attached hydrogens (tertiary/aromatic N) is 1. The molecule has 1 spiro atoms. The van der Waals surface area contributed by atoms with E-state index in [-0.39, 0.29) is 35.2 Å². The lowest BCUT2D eigenvalue weighted by molar-refractivity contribution is -0.385. The molecule has 0 unspecified atom stereocenters. The van der Waals surface area contributed by atoms with Gasteiger partial charge >= 0.3 is 47.8 Å². The van der Waals surface area contributed by atoms with Crippen LogP contribution in [-0.4, -0.2) is 124 Å². The molecule has 1 aromatic heterocycles. The van der Waals surface area contributed by atoms with Gasteiger partial charge in [0.05, 0.1) is 34.2 Å². The molecular weight excluding hydrogens is 879 g/mol. The standard InChI is InChI=1S/C48H51NO18/c1-25-20-21-33-32(19-14-22-49-33)44(57)60-23-45(6)34-35(61-27(3)51)39(63-29(5)53)47(24-59-26(2)50)40(66-43(56)31-17-12-9-13-18-31)36(62-28(4)52)38(65-41(25)54)46(7,58)48(47,67-45)37(34)64-42(55)30-15-10-8-11-16-30/h8-19,22,25,34-40,58H,20-21,23-24H2,1-7H3/t25-,34+,35+,36-,37+,38-,39+,40-,45-,46-,47-,48-/m0/s1. The summed E-state index contributed by atoms with van der Waals surface area (Å²) in [5, 5.41) is 13.9. The average molecular weight is 930 g/mol. The van der Waals surface area contributed by atoms with Crippen molar-refractivity contribution in [2.75, 3.05) is 13.2 Å². The van der Waals surface area contributed by atoms with Gasteiger partial charge in [-0.1, -0.05) is 43.3 Å². The van der Waals surface area contributed by atoms with Crippen molar-refractivity contribution in [3.05, 3.63) is 101 Å². The predicted octanol–water partition coefficient (Wildman–Crippen LogP) is 3.45. The van der Waals surface area contributed by atoms with Gasteiger partial charge in [-0.3, -0.25) is 29.0 Å². The summed E-state index contributed by atoms with van der Waals surface area (Å²) in [4.78, 5) is 116. The number of rotatable bonds is 9. The van der Waals surface area contributed by atoms with E-state index >= 15 is 0 Å². The van der Waals surface area contributed by atoms with Gasteiger partial charge in [0.25, 0.3) is 0 Å². The Morgan fingerprint density at radius 2 is 1.27 bits per heavy atom. The molecule has 19 heteroatoms. The maximum Gasteiger partial charge on any atom is 0.340 e. The van der Waals surface area contributed by atoms with E-state index in [0.717, 1.165) is 34.6 Å². The second-order valence-electron chi connectivity index (χ2n) is 17.6. The molecule has 1 N–H and O–H groups in total. The van der Waals surface area contributed by atoms with Crippen LogP contribution >= 0.6 is 0 Å². The molecule has 19 nitrogen and oxygen atoms in total. The fraction of sp³-hybridized carbons (Fsp3) is 0.479. The molecule has 7 rings (SSSR count). The number of carbonyl (C=O) groups is 8. The van der Waals surface area contributed by atoms with Crippen LogP contribution in [0.25, 0.3) is 0 Å². The summed E-state index contributed by atoms with van der Waals surface area (Å²) in [6.45, 7) is 6.13. The van der Waals surface area contributed by atoms with Crippen LogP contribution in [-0.2, 0) is 73.0 Å². The van der Waals surface area contributed by atoms with E-state index in [9.17, 15) is 43.5 Å². The van der Waals surface area contributed by atoms with Gasteiger partial charge in [0, 0.05) is 33.9 Å². The van der Waals surface area contributed by atoms with Crippen molar-refractivity contribution in [1.29, 1.82) is 0 Å². The van der Waals surface area contributed by atoms with Gasteiger partial charge in [-0.05, 0) is 63.1 Å². The van der Waals surface area contributed by atoms with E-state index < -0.39 is 132 Å². The van der Waals surface area contributed by atoms with Gasteiger partial charge in [0.1, 0.15) is 42.0 Å². The third-order valence-electron chi connectivity index (χ3n) is 13.0. The molecule has 356 valence electrons. The molecule has 2 aliphatic carbocycles. The number of cyclic esters (lactones) is 1. The van der Waals surface area contributed by atoms with E-state index in [4.69, 9.17) is 42.6 Å². The first-order valence-electron chi connectivity index (χ1n) is 21.6. The summed E-state index contributed by atoms with van der Waals surface area (Å²) in [6, 6.07) is 17.9. The van der Waals surface area contributed by atoms with Crippen LogP contribution in [0.1, 0.15) is 91.7 Å². The van der Waals surface area contributed by atoms with Crippen molar-refractivity contribution in [2.45, 2.75) is 115 Å². The highest BCUT2D eigenvalue weighted by atomic mass is 16.7. The van der Waals surface area contributed by atoms with Crippen LogP contribution < -0.4 is 0 Å². The Morgan fingerprint density at radius 3 is 1.84 bits per heavy atom. The van der Waals surface area contributed by atoms with Gasteiger partial charge in [0.2, 0.25) is 0 Å². The van der Waals surface area contributed by atoms with Crippen LogP contribution in [0, 0.1) is 17.3 Å². The molecule has 2 saturated carbocycles. The average Bonchev–Trinajstić information content (AvgIpc) is 3.51. The molecule has 0 radical (unpaired) electrons. The molecular formula is C48H51NO18. The molecule has 4 bridgehead atoms. The van der Waals surface area contributed by atoms with Crippen LogP contribution in [0.2, 0.25) is 0 Å². The van der Waals surface area contributed by atoms with Gasteiger partial charge in [-0.15, -0.1) is 0 Å². The zero-order valence-electron chi connectivity index (χ0n) is 37.8. The smallest absolute Gasteiger partial charge is 0.340 e. The van der Waals surface area contributed by atoms with Crippen molar-refractivity contribution in [2.24, 2.45) is 17.3 Å². The largest absolute Gasteiger partial charge is 0.465 e. The lowest BCUT2D eigenvalue weighted by Gasteiger charge is -2.67. The fourth-order valence-electron chi connectivity index (χ4n) is 10.3. The van der Waals surface area contributed by atoms with Crippen molar-refractivity contribution >= 4 is 47.8 Å². The van der Waals surface area contributed by atoms with E-state index in [1.165, 1.54) is 68.6 Å². The number of fused-ring (bicyclic) bond motifs is 5. The maximum absolute atomic E-state index is 14.6. The van der Waals surface area contributed by atoms with Gasteiger partial charge in [0.15, 0.2) is 30.0 Å². The SMILES string of the molecule is CC(=O)OC[C@@]12[C@H](OC(C)=O)[C@H](OC(C)=O)[C@@H]3[C@@H](OC(=O)c4ccccc4)[C@@]14O[C@@]3(C)COC(=O)c1cccnc1CC[C@H](C)C(=O)O[C@@H]([C@H](OC(C)=O)[C@@H]2OC(=O)c1ccccc1)[C@]4(C)O. The van der Waals surface area contributed by atoms with Crippen LogP contribution in [0.5, 0.6) is 0 Å². The number of aryl methyl sites for hydroxylation is 1. The molecule has 12 atom stereocenters. The van der Waals surface area contributed by atoms with Crippen LogP contribution in [0.3, 0.4) is 0 Å².